The second kappa shape index (κ2) is 9.14. The van der Waals surface area contributed by atoms with Crippen LogP contribution in [-0.4, -0.2) is 30.8 Å². The van der Waals surface area contributed by atoms with Crippen LogP contribution < -0.4 is 9.74 Å². The van der Waals surface area contributed by atoms with Crippen molar-refractivity contribution in [3.63, 3.8) is 0 Å². The van der Waals surface area contributed by atoms with E-state index in [2.05, 4.69) is 5.10 Å². The summed E-state index contributed by atoms with van der Waals surface area (Å²) in [5.41, 5.74) is 0.931. The molecule has 10 heteroatoms. The van der Waals surface area contributed by atoms with E-state index in [1.807, 2.05) is 0 Å². The van der Waals surface area contributed by atoms with E-state index in [0.29, 0.717) is 0 Å². The fourth-order valence-electron chi connectivity index (χ4n) is 3.64. The molecule has 1 aliphatic carbocycles. The summed E-state index contributed by atoms with van der Waals surface area (Å²) in [6.45, 7) is 1.56. The van der Waals surface area contributed by atoms with E-state index in [9.17, 15) is 22.4 Å². The van der Waals surface area contributed by atoms with Gasteiger partial charge < -0.3 is 8.92 Å². The normalized spacial score (nSPS) is 13.3. The lowest BCUT2D eigenvalue weighted by Gasteiger charge is -2.17. The van der Waals surface area contributed by atoms with Crippen LogP contribution in [0.3, 0.4) is 0 Å². The first-order valence-electron chi connectivity index (χ1n) is 10.4. The van der Waals surface area contributed by atoms with Crippen LogP contribution in [0.25, 0.3) is 5.69 Å². The van der Waals surface area contributed by atoms with Crippen LogP contribution in [0.4, 0.5) is 4.39 Å². The number of ether oxygens (including phenoxy) is 1. The average Bonchev–Trinajstić information content (AvgIpc) is 2.79. The Hall–Kier alpha value is -3.53. The number of aryl methyl sites for hydroxylation is 2. The van der Waals surface area contributed by atoms with E-state index in [1.165, 1.54) is 18.2 Å². The summed E-state index contributed by atoms with van der Waals surface area (Å²) >= 11 is 0. The van der Waals surface area contributed by atoms with Gasteiger partial charge in [-0.3, -0.25) is 4.79 Å². The Morgan fingerprint density at radius 3 is 2.45 bits per heavy atom. The molecule has 0 amide bonds. The Labute approximate surface area is 189 Å². The van der Waals surface area contributed by atoms with Crippen molar-refractivity contribution in [3.8, 4) is 11.4 Å². The quantitative estimate of drug-likeness (QED) is 0.401. The van der Waals surface area contributed by atoms with E-state index < -0.39 is 38.9 Å². The maximum Gasteiger partial charge on any atom is 0.362 e. The fraction of sp³-hybridized carbons (Fsp3) is 0.261. The van der Waals surface area contributed by atoms with Crippen molar-refractivity contribution in [3.05, 3.63) is 81.5 Å². The van der Waals surface area contributed by atoms with Gasteiger partial charge in [-0.25, -0.2) is 9.18 Å². The Kier molecular flexibility index (Phi) is 6.28. The first-order valence-corrected chi connectivity index (χ1v) is 11.8. The van der Waals surface area contributed by atoms with Crippen LogP contribution in [0.15, 0.2) is 58.2 Å². The third-order valence-corrected chi connectivity index (χ3v) is 6.48. The monoisotopic (exact) mass is 472 g/mol. The molecular weight excluding hydrogens is 451 g/mol. The molecule has 0 saturated carbocycles. The number of benzene rings is 2. The molecule has 0 spiro atoms. The molecule has 1 aromatic heterocycles. The first-order chi connectivity index (χ1) is 15.8. The Morgan fingerprint density at radius 1 is 1.06 bits per heavy atom. The van der Waals surface area contributed by atoms with Gasteiger partial charge in [0.15, 0.2) is 5.75 Å². The van der Waals surface area contributed by atoms with E-state index in [-0.39, 0.29) is 17.2 Å². The van der Waals surface area contributed by atoms with Crippen molar-refractivity contribution < 1.29 is 26.5 Å². The zero-order chi connectivity index (χ0) is 23.6. The lowest BCUT2D eigenvalue weighted by atomic mass is 9.92. The van der Waals surface area contributed by atoms with Crippen LogP contribution in [0.1, 0.15) is 41.4 Å². The van der Waals surface area contributed by atoms with Crippen LogP contribution in [0.5, 0.6) is 5.75 Å². The standard InChI is InChI=1S/C23H21FN2O6S/c1-2-31-23(28)22-20(14-21(27)26(25-22)18-10-8-17(24)9-11-18)32-33(29,30)19-12-7-15-5-3-4-6-16(15)13-19/h7-14H,2-6H2,1H3. The summed E-state index contributed by atoms with van der Waals surface area (Å²) in [5, 5.41) is 3.96. The third-order valence-electron chi connectivity index (χ3n) is 5.24. The molecule has 0 aliphatic heterocycles. The number of esters is 1. The molecule has 0 fully saturated rings. The lowest BCUT2D eigenvalue weighted by molar-refractivity contribution is 0.0515. The van der Waals surface area contributed by atoms with Crippen LogP contribution >= 0.6 is 0 Å². The number of carbonyl (C=O) groups excluding carboxylic acids is 1. The smallest absolute Gasteiger partial charge is 0.362 e. The van der Waals surface area contributed by atoms with Crippen molar-refractivity contribution in [2.24, 2.45) is 0 Å². The zero-order valence-electron chi connectivity index (χ0n) is 17.8. The molecule has 0 unspecified atom stereocenters. The number of rotatable bonds is 6. The zero-order valence-corrected chi connectivity index (χ0v) is 18.6. The molecule has 1 heterocycles. The Balaban J connectivity index is 1.76. The number of nitrogens with zero attached hydrogens (tertiary/aromatic N) is 2. The minimum absolute atomic E-state index is 0.00675. The fourth-order valence-corrected chi connectivity index (χ4v) is 4.62. The second-order valence-corrected chi connectivity index (χ2v) is 9.03. The maximum absolute atomic E-state index is 13.3. The molecule has 3 aromatic rings. The summed E-state index contributed by atoms with van der Waals surface area (Å²) in [7, 11) is -4.36. The van der Waals surface area contributed by atoms with Crippen molar-refractivity contribution >= 4 is 16.1 Å². The molecule has 0 atom stereocenters. The topological polar surface area (TPSA) is 105 Å². The van der Waals surface area contributed by atoms with E-state index in [0.717, 1.165) is 59.7 Å². The molecule has 0 bridgehead atoms. The van der Waals surface area contributed by atoms with Gasteiger partial charge in [0, 0.05) is 0 Å². The van der Waals surface area contributed by atoms with Gasteiger partial charge in [-0.05, 0) is 80.1 Å². The highest BCUT2D eigenvalue weighted by atomic mass is 32.2. The van der Waals surface area contributed by atoms with Crippen molar-refractivity contribution in [1.82, 2.24) is 9.78 Å². The predicted octanol–water partition coefficient (Wildman–Crippen LogP) is 3.19. The SMILES string of the molecule is CCOC(=O)c1nn(-c2ccc(F)cc2)c(=O)cc1OS(=O)(=O)c1ccc2c(c1)CCCC2. The molecular formula is C23H21FN2O6S. The minimum Gasteiger partial charge on any atom is -0.461 e. The number of halogens is 1. The largest absolute Gasteiger partial charge is 0.461 e. The number of carbonyl (C=O) groups is 1. The molecule has 0 radical (unpaired) electrons. The number of aromatic nitrogens is 2. The Bertz CT molecular complexity index is 1370. The summed E-state index contributed by atoms with van der Waals surface area (Å²) < 4.78 is 50.2. The molecule has 0 N–H and O–H groups in total. The molecule has 4 rings (SSSR count). The summed E-state index contributed by atoms with van der Waals surface area (Å²) in [4.78, 5) is 25.1. The highest BCUT2D eigenvalue weighted by Crippen LogP contribution is 2.27. The van der Waals surface area contributed by atoms with Crippen molar-refractivity contribution in [1.29, 1.82) is 0 Å². The molecule has 33 heavy (non-hydrogen) atoms. The number of fused-ring (bicyclic) bond motifs is 1. The van der Waals surface area contributed by atoms with E-state index >= 15 is 0 Å². The third kappa shape index (κ3) is 4.80. The molecule has 8 nitrogen and oxygen atoms in total. The minimum atomic E-state index is -4.36. The number of hydrogen-bond acceptors (Lipinski definition) is 7. The summed E-state index contributed by atoms with van der Waals surface area (Å²) in [6.07, 6.45) is 3.67. The van der Waals surface area contributed by atoms with Crippen molar-refractivity contribution in [2.75, 3.05) is 6.61 Å². The lowest BCUT2D eigenvalue weighted by Crippen LogP contribution is -2.26. The van der Waals surface area contributed by atoms with Gasteiger partial charge in [0.2, 0.25) is 5.69 Å². The molecule has 1 aliphatic rings. The van der Waals surface area contributed by atoms with Gasteiger partial charge in [0.05, 0.1) is 18.4 Å². The first kappa shape index (κ1) is 22.7. The van der Waals surface area contributed by atoms with Gasteiger partial charge >= 0.3 is 16.1 Å². The molecule has 172 valence electrons. The summed E-state index contributed by atoms with van der Waals surface area (Å²) in [6, 6.07) is 10.4. The van der Waals surface area contributed by atoms with Gasteiger partial charge in [-0.2, -0.15) is 18.2 Å². The van der Waals surface area contributed by atoms with E-state index in [4.69, 9.17) is 8.92 Å². The van der Waals surface area contributed by atoms with Crippen LogP contribution in [-0.2, 0) is 27.7 Å². The number of hydrogen-bond donors (Lipinski definition) is 0. The molecule has 2 aromatic carbocycles. The van der Waals surface area contributed by atoms with Gasteiger partial charge in [0.1, 0.15) is 10.7 Å². The van der Waals surface area contributed by atoms with Crippen LogP contribution in [0.2, 0.25) is 0 Å². The van der Waals surface area contributed by atoms with Gasteiger partial charge in [0.25, 0.3) is 5.56 Å². The second-order valence-electron chi connectivity index (χ2n) is 7.48. The van der Waals surface area contributed by atoms with Crippen molar-refractivity contribution in [2.45, 2.75) is 37.5 Å². The van der Waals surface area contributed by atoms with Crippen LogP contribution in [0, 0.1) is 5.82 Å². The van der Waals surface area contributed by atoms with E-state index in [1.54, 1.807) is 19.1 Å². The maximum atomic E-state index is 13.3. The van der Waals surface area contributed by atoms with Gasteiger partial charge in [-0.1, -0.05) is 6.07 Å². The average molecular weight is 472 g/mol. The highest BCUT2D eigenvalue weighted by molar-refractivity contribution is 7.87. The Morgan fingerprint density at radius 2 is 1.76 bits per heavy atom. The molecule has 0 saturated heterocycles. The predicted molar refractivity (Wildman–Crippen MR) is 117 cm³/mol. The van der Waals surface area contributed by atoms with Gasteiger partial charge in [-0.15, -0.1) is 0 Å². The summed E-state index contributed by atoms with van der Waals surface area (Å²) in [5.74, 6) is -2.04. The highest BCUT2D eigenvalue weighted by Gasteiger charge is 2.26.